The molecular formula is C12H17N3O3. The smallest absolute Gasteiger partial charge is 0.290 e. The number of nitro groups is 1. The van der Waals surface area contributed by atoms with Crippen LogP contribution in [0.3, 0.4) is 0 Å². The second-order valence-electron chi connectivity index (χ2n) is 5.15. The Morgan fingerprint density at radius 3 is 2.56 bits per heavy atom. The van der Waals surface area contributed by atoms with Crippen LogP contribution >= 0.6 is 0 Å². The number of β-amino-alcohol motifs (C(OH)–C–C–N with tert-alkyl or cyclic N) is 1. The molecule has 1 aromatic rings. The highest BCUT2D eigenvalue weighted by molar-refractivity contribution is 5.49. The van der Waals surface area contributed by atoms with Crippen LogP contribution in [0.2, 0.25) is 0 Å². The van der Waals surface area contributed by atoms with Gasteiger partial charge in [-0.1, -0.05) is 13.8 Å². The lowest BCUT2D eigenvalue weighted by molar-refractivity contribution is -0.385. The van der Waals surface area contributed by atoms with Crippen molar-refractivity contribution in [2.75, 3.05) is 18.0 Å². The summed E-state index contributed by atoms with van der Waals surface area (Å²) < 4.78 is 0. The Balaban J connectivity index is 2.14. The lowest BCUT2D eigenvalue weighted by atomic mass is 9.83. The fourth-order valence-corrected chi connectivity index (χ4v) is 2.05. The minimum absolute atomic E-state index is 0.0263. The summed E-state index contributed by atoms with van der Waals surface area (Å²) in [5, 5.41) is 20.8. The molecular weight excluding hydrogens is 234 g/mol. The molecule has 0 amide bonds. The van der Waals surface area contributed by atoms with E-state index in [4.69, 9.17) is 0 Å². The zero-order valence-electron chi connectivity index (χ0n) is 10.8. The monoisotopic (exact) mass is 251 g/mol. The zero-order chi connectivity index (χ0) is 13.5. The summed E-state index contributed by atoms with van der Waals surface area (Å²) in [4.78, 5) is 16.4. The Kier molecular flexibility index (Phi) is 2.98. The number of rotatable bonds is 3. The Hall–Kier alpha value is -1.69. The highest BCUT2D eigenvalue weighted by Gasteiger charge is 2.44. The molecule has 2 heterocycles. The highest BCUT2D eigenvalue weighted by Crippen LogP contribution is 2.32. The lowest BCUT2D eigenvalue weighted by Gasteiger charge is -2.49. The molecule has 18 heavy (non-hydrogen) atoms. The van der Waals surface area contributed by atoms with Crippen molar-refractivity contribution in [3.8, 4) is 0 Å². The fourth-order valence-electron chi connectivity index (χ4n) is 2.05. The molecule has 6 nitrogen and oxygen atoms in total. The maximum Gasteiger partial charge on any atom is 0.290 e. The Bertz CT molecular complexity index is 481. The Morgan fingerprint density at radius 1 is 1.50 bits per heavy atom. The number of anilines is 1. The van der Waals surface area contributed by atoms with Crippen LogP contribution in [0.15, 0.2) is 12.1 Å². The summed E-state index contributed by atoms with van der Waals surface area (Å²) in [6, 6.07) is 3.09. The van der Waals surface area contributed by atoms with Gasteiger partial charge in [-0.3, -0.25) is 10.1 Å². The van der Waals surface area contributed by atoms with E-state index in [1.54, 1.807) is 13.0 Å². The van der Waals surface area contributed by atoms with E-state index in [1.807, 2.05) is 18.7 Å². The Labute approximate surface area is 105 Å². The molecule has 1 fully saturated rings. The van der Waals surface area contributed by atoms with Crippen molar-refractivity contribution in [2.24, 2.45) is 5.92 Å². The lowest BCUT2D eigenvalue weighted by Crippen LogP contribution is -2.65. The number of nitrogens with zero attached hydrogens (tertiary/aromatic N) is 3. The molecule has 0 bridgehead atoms. The molecule has 98 valence electrons. The first kappa shape index (κ1) is 12.8. The molecule has 0 spiro atoms. The van der Waals surface area contributed by atoms with Gasteiger partial charge in [0.2, 0.25) is 0 Å². The van der Waals surface area contributed by atoms with Gasteiger partial charge in [0.25, 0.3) is 5.69 Å². The molecule has 2 rings (SSSR count). The second-order valence-corrected chi connectivity index (χ2v) is 5.15. The largest absolute Gasteiger partial charge is 0.386 e. The predicted octanol–water partition coefficient (Wildman–Crippen LogP) is 1.51. The van der Waals surface area contributed by atoms with Crippen molar-refractivity contribution in [3.05, 3.63) is 27.9 Å². The molecule has 0 radical (unpaired) electrons. The summed E-state index contributed by atoms with van der Waals surface area (Å²) >= 11 is 0. The maximum atomic E-state index is 10.7. The van der Waals surface area contributed by atoms with E-state index in [0.29, 0.717) is 24.6 Å². The molecule has 1 N–H and O–H groups in total. The first-order valence-corrected chi connectivity index (χ1v) is 5.93. The molecule has 1 aliphatic heterocycles. The number of hydrogen-bond acceptors (Lipinski definition) is 5. The van der Waals surface area contributed by atoms with Crippen molar-refractivity contribution in [3.63, 3.8) is 0 Å². The van der Waals surface area contributed by atoms with Crippen LogP contribution in [0, 0.1) is 23.0 Å². The van der Waals surface area contributed by atoms with Crippen LogP contribution in [-0.2, 0) is 0 Å². The Morgan fingerprint density at radius 2 is 2.11 bits per heavy atom. The second kappa shape index (κ2) is 4.20. The van der Waals surface area contributed by atoms with Crippen LogP contribution in [-0.4, -0.2) is 33.7 Å². The van der Waals surface area contributed by atoms with Gasteiger partial charge in [0.15, 0.2) is 0 Å². The standard InChI is InChI=1S/C12H17N3O3/c1-8(2)12(16)6-14(7-12)11-5-4-10(15(17)18)9(3)13-11/h4-5,8,16H,6-7H2,1-3H3. The molecule has 0 atom stereocenters. The normalized spacial score (nSPS) is 17.7. The van der Waals surface area contributed by atoms with Crippen LogP contribution in [0.4, 0.5) is 11.5 Å². The molecule has 0 unspecified atom stereocenters. The average Bonchev–Trinajstić information content (AvgIpc) is 2.23. The minimum Gasteiger partial charge on any atom is -0.386 e. The van der Waals surface area contributed by atoms with E-state index >= 15 is 0 Å². The van der Waals surface area contributed by atoms with Gasteiger partial charge in [-0.15, -0.1) is 0 Å². The first-order chi connectivity index (χ1) is 8.33. The third kappa shape index (κ3) is 2.03. The van der Waals surface area contributed by atoms with Gasteiger partial charge < -0.3 is 10.0 Å². The van der Waals surface area contributed by atoms with Crippen LogP contribution in [0.25, 0.3) is 0 Å². The van der Waals surface area contributed by atoms with Gasteiger partial charge in [-0.05, 0) is 18.9 Å². The van der Waals surface area contributed by atoms with Gasteiger partial charge in [-0.25, -0.2) is 4.98 Å². The SMILES string of the molecule is Cc1nc(N2CC(O)(C(C)C)C2)ccc1[N+](=O)[O-]. The molecule has 0 saturated carbocycles. The van der Waals surface area contributed by atoms with Crippen molar-refractivity contribution >= 4 is 11.5 Å². The van der Waals surface area contributed by atoms with Gasteiger partial charge in [0.1, 0.15) is 17.1 Å². The van der Waals surface area contributed by atoms with Crippen LogP contribution < -0.4 is 4.90 Å². The van der Waals surface area contributed by atoms with E-state index in [-0.39, 0.29) is 11.6 Å². The van der Waals surface area contributed by atoms with Crippen molar-refractivity contribution in [1.82, 2.24) is 4.98 Å². The summed E-state index contributed by atoms with van der Waals surface area (Å²) in [5.41, 5.74) is -0.243. The third-order valence-corrected chi connectivity index (χ3v) is 3.57. The first-order valence-electron chi connectivity index (χ1n) is 5.93. The van der Waals surface area contributed by atoms with Gasteiger partial charge in [0, 0.05) is 6.07 Å². The van der Waals surface area contributed by atoms with Crippen molar-refractivity contribution in [2.45, 2.75) is 26.4 Å². The summed E-state index contributed by atoms with van der Waals surface area (Å²) in [5.74, 6) is 0.872. The zero-order valence-corrected chi connectivity index (χ0v) is 10.8. The number of aliphatic hydroxyl groups is 1. The minimum atomic E-state index is -0.669. The van der Waals surface area contributed by atoms with E-state index < -0.39 is 10.5 Å². The van der Waals surface area contributed by atoms with E-state index in [2.05, 4.69) is 4.98 Å². The summed E-state index contributed by atoms with van der Waals surface area (Å²) in [7, 11) is 0. The number of aryl methyl sites for hydroxylation is 1. The number of aromatic nitrogens is 1. The molecule has 1 saturated heterocycles. The van der Waals surface area contributed by atoms with E-state index in [9.17, 15) is 15.2 Å². The number of hydrogen-bond donors (Lipinski definition) is 1. The average molecular weight is 251 g/mol. The highest BCUT2D eigenvalue weighted by atomic mass is 16.6. The van der Waals surface area contributed by atoms with Gasteiger partial charge in [-0.2, -0.15) is 0 Å². The topological polar surface area (TPSA) is 79.5 Å². The fraction of sp³-hybridized carbons (Fsp3) is 0.583. The van der Waals surface area contributed by atoms with Crippen molar-refractivity contribution in [1.29, 1.82) is 0 Å². The molecule has 1 aliphatic rings. The molecule has 0 aromatic carbocycles. The number of pyridine rings is 1. The summed E-state index contributed by atoms with van der Waals surface area (Å²) in [6.07, 6.45) is 0. The summed E-state index contributed by atoms with van der Waals surface area (Å²) in [6.45, 7) is 6.62. The quantitative estimate of drug-likeness (QED) is 0.650. The predicted molar refractivity (Wildman–Crippen MR) is 67.6 cm³/mol. The van der Waals surface area contributed by atoms with Gasteiger partial charge in [0.05, 0.1) is 18.0 Å². The van der Waals surface area contributed by atoms with Crippen LogP contribution in [0.1, 0.15) is 19.5 Å². The van der Waals surface area contributed by atoms with Crippen molar-refractivity contribution < 1.29 is 10.0 Å². The van der Waals surface area contributed by atoms with E-state index in [0.717, 1.165) is 0 Å². The van der Waals surface area contributed by atoms with Gasteiger partial charge >= 0.3 is 0 Å². The van der Waals surface area contributed by atoms with E-state index in [1.165, 1.54) is 6.07 Å². The van der Waals surface area contributed by atoms with Crippen LogP contribution in [0.5, 0.6) is 0 Å². The third-order valence-electron chi connectivity index (χ3n) is 3.57. The molecule has 1 aromatic heterocycles. The molecule has 6 heteroatoms. The maximum absolute atomic E-state index is 10.7. The molecule has 0 aliphatic carbocycles.